The number of carbonyl (C=O) groups excluding carboxylic acids is 1. The van der Waals surface area contributed by atoms with Gasteiger partial charge in [-0.3, -0.25) is 24.5 Å². The van der Waals surface area contributed by atoms with Gasteiger partial charge in [0, 0.05) is 5.56 Å². The fourth-order valence-electron chi connectivity index (χ4n) is 2.40. The Morgan fingerprint density at radius 1 is 1.23 bits per heavy atom. The molecule has 0 aliphatic rings. The first-order valence-electron chi connectivity index (χ1n) is 7.53. The van der Waals surface area contributed by atoms with Gasteiger partial charge in [0.2, 0.25) is 16.9 Å². The molecule has 0 unspecified atom stereocenters. The van der Waals surface area contributed by atoms with Crippen LogP contribution in [0.15, 0.2) is 34.0 Å². The number of anilines is 1. The number of aromatic nitrogens is 4. The van der Waals surface area contributed by atoms with Crippen molar-refractivity contribution < 1.29 is 9.18 Å². The molecule has 0 atom stereocenters. The van der Waals surface area contributed by atoms with Gasteiger partial charge < -0.3 is 0 Å². The minimum atomic E-state index is -1.15. The first-order valence-corrected chi connectivity index (χ1v) is 8.35. The molecule has 10 heteroatoms. The van der Waals surface area contributed by atoms with Crippen LogP contribution in [0.25, 0.3) is 10.6 Å². The molecule has 0 aliphatic heterocycles. The van der Waals surface area contributed by atoms with Gasteiger partial charge in [-0.15, -0.1) is 10.2 Å². The largest absolute Gasteiger partial charge is 0.328 e. The van der Waals surface area contributed by atoms with Crippen LogP contribution in [0.2, 0.25) is 0 Å². The highest BCUT2D eigenvalue weighted by Crippen LogP contribution is 2.27. The molecule has 2 aromatic heterocycles. The van der Waals surface area contributed by atoms with Gasteiger partial charge in [0.05, 0.1) is 6.20 Å². The van der Waals surface area contributed by atoms with Gasteiger partial charge in [-0.2, -0.15) is 4.39 Å². The molecule has 0 aliphatic carbocycles. The highest BCUT2D eigenvalue weighted by Gasteiger charge is 2.12. The first-order chi connectivity index (χ1) is 12.3. The van der Waals surface area contributed by atoms with Crippen molar-refractivity contribution >= 4 is 22.4 Å². The van der Waals surface area contributed by atoms with Crippen LogP contribution in [-0.2, 0) is 11.3 Å². The highest BCUT2D eigenvalue weighted by molar-refractivity contribution is 7.18. The summed E-state index contributed by atoms with van der Waals surface area (Å²) < 4.78 is 14.0. The van der Waals surface area contributed by atoms with Crippen LogP contribution in [0.3, 0.4) is 0 Å². The first kappa shape index (κ1) is 17.7. The molecule has 3 rings (SSSR count). The van der Waals surface area contributed by atoms with Crippen molar-refractivity contribution in [1.82, 2.24) is 19.7 Å². The second kappa shape index (κ2) is 7.00. The molecule has 2 heterocycles. The number of nitrogens with zero attached hydrogens (tertiary/aromatic N) is 3. The number of hydrogen-bond donors (Lipinski definition) is 2. The lowest BCUT2D eigenvalue weighted by Gasteiger charge is -2.04. The van der Waals surface area contributed by atoms with E-state index in [0.717, 1.165) is 21.3 Å². The van der Waals surface area contributed by atoms with Gasteiger partial charge in [0.15, 0.2) is 0 Å². The van der Waals surface area contributed by atoms with Gasteiger partial charge in [-0.25, -0.2) is 4.79 Å². The Labute approximate surface area is 150 Å². The summed E-state index contributed by atoms with van der Waals surface area (Å²) in [5, 5.41) is 11.3. The number of H-pyrrole nitrogens is 1. The Bertz CT molecular complexity index is 1080. The Hall–Kier alpha value is -3.14. The third-order valence-electron chi connectivity index (χ3n) is 3.42. The van der Waals surface area contributed by atoms with E-state index in [9.17, 15) is 18.8 Å². The SMILES string of the molecule is Cc1cc(C)cc(-c2nnc(NC(=O)Cn3cc(F)c(=O)[nH]c3=O)s2)c1. The van der Waals surface area contributed by atoms with Crippen molar-refractivity contribution in [3.8, 4) is 10.6 Å². The van der Waals surface area contributed by atoms with E-state index in [-0.39, 0.29) is 5.13 Å². The summed E-state index contributed by atoms with van der Waals surface area (Å²) in [4.78, 5) is 36.4. The number of nitrogens with one attached hydrogen (secondary N) is 2. The number of rotatable bonds is 4. The fourth-order valence-corrected chi connectivity index (χ4v) is 3.15. The van der Waals surface area contributed by atoms with Crippen molar-refractivity contribution in [1.29, 1.82) is 0 Å². The summed E-state index contributed by atoms with van der Waals surface area (Å²) in [6.07, 6.45) is 0.682. The van der Waals surface area contributed by atoms with Gasteiger partial charge in [-0.1, -0.05) is 28.5 Å². The zero-order chi connectivity index (χ0) is 18.8. The molecule has 0 saturated heterocycles. The summed E-state index contributed by atoms with van der Waals surface area (Å²) in [5.41, 5.74) is 1.05. The Kier molecular flexibility index (Phi) is 4.76. The smallest absolute Gasteiger partial charge is 0.299 e. The lowest BCUT2D eigenvalue weighted by Crippen LogP contribution is -2.34. The topological polar surface area (TPSA) is 110 Å². The number of hydrogen-bond acceptors (Lipinski definition) is 6. The molecule has 0 radical (unpaired) electrons. The molecule has 26 heavy (non-hydrogen) atoms. The Morgan fingerprint density at radius 2 is 1.92 bits per heavy atom. The van der Waals surface area contributed by atoms with Gasteiger partial charge >= 0.3 is 5.69 Å². The molecule has 1 amide bonds. The van der Waals surface area contributed by atoms with Crippen molar-refractivity contribution in [2.45, 2.75) is 20.4 Å². The van der Waals surface area contributed by atoms with E-state index in [4.69, 9.17) is 0 Å². The maximum Gasteiger partial charge on any atom is 0.328 e. The maximum atomic E-state index is 13.2. The van der Waals surface area contributed by atoms with E-state index in [1.807, 2.05) is 32.0 Å². The minimum Gasteiger partial charge on any atom is -0.299 e. The zero-order valence-corrected chi connectivity index (χ0v) is 14.7. The van der Waals surface area contributed by atoms with Crippen LogP contribution in [0, 0.1) is 19.7 Å². The lowest BCUT2D eigenvalue weighted by atomic mass is 10.1. The molecule has 2 N–H and O–H groups in total. The van der Waals surface area contributed by atoms with E-state index in [1.165, 1.54) is 11.3 Å². The number of halogens is 1. The molecule has 3 aromatic rings. The van der Waals surface area contributed by atoms with Crippen LogP contribution in [0.5, 0.6) is 0 Å². The monoisotopic (exact) mass is 375 g/mol. The van der Waals surface area contributed by atoms with Crippen LogP contribution < -0.4 is 16.6 Å². The summed E-state index contributed by atoms with van der Waals surface area (Å²) in [6.45, 7) is 3.48. The van der Waals surface area contributed by atoms with Crippen LogP contribution >= 0.6 is 11.3 Å². The molecule has 0 spiro atoms. The summed E-state index contributed by atoms with van der Waals surface area (Å²) >= 11 is 1.18. The van der Waals surface area contributed by atoms with E-state index in [1.54, 1.807) is 4.98 Å². The van der Waals surface area contributed by atoms with Gasteiger partial charge in [0.1, 0.15) is 11.6 Å². The number of benzene rings is 1. The molecule has 0 bridgehead atoms. The molecule has 0 fully saturated rings. The van der Waals surface area contributed by atoms with E-state index >= 15 is 0 Å². The van der Waals surface area contributed by atoms with Crippen molar-refractivity contribution in [3.63, 3.8) is 0 Å². The van der Waals surface area contributed by atoms with Crippen LogP contribution in [0.4, 0.5) is 9.52 Å². The van der Waals surface area contributed by atoms with Crippen molar-refractivity contribution in [2.75, 3.05) is 5.32 Å². The lowest BCUT2D eigenvalue weighted by molar-refractivity contribution is -0.116. The number of amides is 1. The van der Waals surface area contributed by atoms with Gasteiger partial charge in [-0.05, 0) is 26.0 Å². The molecular formula is C16H14FN5O3S. The standard InChI is InChI=1S/C16H14FN5O3S/c1-8-3-9(2)5-10(4-8)14-20-21-15(26-14)18-12(23)7-22-6-11(17)13(24)19-16(22)25/h3-6H,7H2,1-2H3,(H,18,21,23)(H,19,24,25). The highest BCUT2D eigenvalue weighted by atomic mass is 32.1. The summed E-state index contributed by atoms with van der Waals surface area (Å²) in [6, 6.07) is 5.96. The van der Waals surface area contributed by atoms with E-state index in [0.29, 0.717) is 11.2 Å². The van der Waals surface area contributed by atoms with E-state index < -0.39 is 29.5 Å². The van der Waals surface area contributed by atoms with Crippen molar-refractivity contribution in [2.24, 2.45) is 0 Å². The maximum absolute atomic E-state index is 13.2. The molecule has 1 aromatic carbocycles. The summed E-state index contributed by atoms with van der Waals surface area (Å²) in [5.74, 6) is -1.74. The number of aryl methyl sites for hydroxylation is 2. The Balaban J connectivity index is 1.75. The summed E-state index contributed by atoms with van der Waals surface area (Å²) in [7, 11) is 0. The van der Waals surface area contributed by atoms with Gasteiger partial charge in [0.25, 0.3) is 5.56 Å². The number of aromatic amines is 1. The molecule has 8 nitrogen and oxygen atoms in total. The molecule has 0 saturated carbocycles. The average molecular weight is 375 g/mol. The zero-order valence-electron chi connectivity index (χ0n) is 13.9. The predicted octanol–water partition coefficient (Wildman–Crippen LogP) is 1.45. The number of carbonyl (C=O) groups is 1. The minimum absolute atomic E-state index is 0.252. The Morgan fingerprint density at radius 3 is 2.62 bits per heavy atom. The average Bonchev–Trinajstić information content (AvgIpc) is 3.00. The quantitative estimate of drug-likeness (QED) is 0.717. The van der Waals surface area contributed by atoms with Crippen LogP contribution in [-0.4, -0.2) is 25.7 Å². The second-order valence-corrected chi connectivity index (χ2v) is 6.68. The predicted molar refractivity (Wildman–Crippen MR) is 94.7 cm³/mol. The molecular weight excluding hydrogens is 361 g/mol. The normalized spacial score (nSPS) is 10.7. The second-order valence-electron chi connectivity index (χ2n) is 5.70. The third kappa shape index (κ3) is 3.91. The van der Waals surface area contributed by atoms with E-state index in [2.05, 4.69) is 15.5 Å². The van der Waals surface area contributed by atoms with Crippen LogP contribution in [0.1, 0.15) is 11.1 Å². The van der Waals surface area contributed by atoms with Crippen molar-refractivity contribution in [3.05, 3.63) is 62.2 Å². The fraction of sp³-hybridized carbons (Fsp3) is 0.188. The molecule has 134 valence electrons. The third-order valence-corrected chi connectivity index (χ3v) is 4.31.